The molecule has 1 aromatic heterocycles. The number of aryl methyl sites for hydroxylation is 1. The lowest BCUT2D eigenvalue weighted by Crippen LogP contribution is -2.15. The predicted molar refractivity (Wildman–Crippen MR) is 89.8 cm³/mol. The fourth-order valence-electron chi connectivity index (χ4n) is 2.04. The molecule has 2 N–H and O–H groups in total. The third-order valence-corrected chi connectivity index (χ3v) is 4.73. The van der Waals surface area contributed by atoms with Gasteiger partial charge in [-0.1, -0.05) is 17.7 Å². The van der Waals surface area contributed by atoms with Gasteiger partial charge in [-0.15, -0.1) is 11.3 Å². The zero-order valence-electron chi connectivity index (χ0n) is 12.0. The fourth-order valence-corrected chi connectivity index (χ4v) is 2.98. The number of carbonyl (C=O) groups is 2. The number of amides is 2. The van der Waals surface area contributed by atoms with Crippen molar-refractivity contribution in [3.63, 3.8) is 0 Å². The SMILES string of the molecule is Cc1ccc(NC(=O)C2CC2)cc1NC(=O)c1ccc(Cl)s1. The molecule has 1 saturated carbocycles. The number of benzene rings is 1. The molecule has 0 bridgehead atoms. The van der Waals surface area contributed by atoms with Gasteiger partial charge in [-0.3, -0.25) is 9.59 Å². The number of halogens is 1. The maximum absolute atomic E-state index is 12.2. The molecule has 1 fully saturated rings. The molecule has 0 aliphatic heterocycles. The van der Waals surface area contributed by atoms with E-state index in [2.05, 4.69) is 10.6 Å². The minimum Gasteiger partial charge on any atom is -0.326 e. The molecule has 0 unspecified atom stereocenters. The van der Waals surface area contributed by atoms with Gasteiger partial charge in [-0.25, -0.2) is 0 Å². The summed E-state index contributed by atoms with van der Waals surface area (Å²) in [4.78, 5) is 24.5. The lowest BCUT2D eigenvalue weighted by Gasteiger charge is -2.11. The van der Waals surface area contributed by atoms with Crippen molar-refractivity contribution in [3.05, 3.63) is 45.1 Å². The number of nitrogens with one attached hydrogen (secondary N) is 2. The summed E-state index contributed by atoms with van der Waals surface area (Å²) in [6.45, 7) is 1.91. The summed E-state index contributed by atoms with van der Waals surface area (Å²) in [7, 11) is 0. The highest BCUT2D eigenvalue weighted by Gasteiger charge is 2.29. The maximum atomic E-state index is 12.2. The lowest BCUT2D eigenvalue weighted by molar-refractivity contribution is -0.117. The van der Waals surface area contributed by atoms with Gasteiger partial charge in [0.25, 0.3) is 5.91 Å². The summed E-state index contributed by atoms with van der Waals surface area (Å²) in [5, 5.41) is 5.74. The Bertz CT molecular complexity index is 737. The molecule has 6 heteroatoms. The molecular weight excluding hydrogens is 320 g/mol. The Morgan fingerprint density at radius 3 is 2.59 bits per heavy atom. The first-order valence-corrected chi connectivity index (χ1v) is 8.20. The quantitative estimate of drug-likeness (QED) is 0.875. The van der Waals surface area contributed by atoms with Crippen molar-refractivity contribution in [2.75, 3.05) is 10.6 Å². The fraction of sp³-hybridized carbons (Fsp3) is 0.250. The average Bonchev–Trinajstić information content (AvgIpc) is 3.24. The highest BCUT2D eigenvalue weighted by atomic mass is 35.5. The van der Waals surface area contributed by atoms with Crippen LogP contribution in [0.5, 0.6) is 0 Å². The van der Waals surface area contributed by atoms with E-state index in [1.807, 2.05) is 19.1 Å². The van der Waals surface area contributed by atoms with Crippen LogP contribution in [-0.4, -0.2) is 11.8 Å². The lowest BCUT2D eigenvalue weighted by atomic mass is 10.1. The first kappa shape index (κ1) is 15.1. The van der Waals surface area contributed by atoms with Crippen molar-refractivity contribution in [1.82, 2.24) is 0 Å². The monoisotopic (exact) mass is 334 g/mol. The summed E-state index contributed by atoms with van der Waals surface area (Å²) in [5.41, 5.74) is 2.31. The minimum atomic E-state index is -0.203. The van der Waals surface area contributed by atoms with E-state index in [1.54, 1.807) is 18.2 Å². The molecule has 1 heterocycles. The number of carbonyl (C=O) groups excluding carboxylic acids is 2. The average molecular weight is 335 g/mol. The third-order valence-electron chi connectivity index (χ3n) is 3.50. The van der Waals surface area contributed by atoms with Crippen molar-refractivity contribution in [2.24, 2.45) is 5.92 Å². The van der Waals surface area contributed by atoms with Crippen molar-refractivity contribution < 1.29 is 9.59 Å². The van der Waals surface area contributed by atoms with Gasteiger partial charge in [0.15, 0.2) is 0 Å². The summed E-state index contributed by atoms with van der Waals surface area (Å²) < 4.78 is 0.576. The van der Waals surface area contributed by atoms with Crippen LogP contribution in [0.3, 0.4) is 0 Å². The van der Waals surface area contributed by atoms with Crippen LogP contribution in [0.1, 0.15) is 28.1 Å². The predicted octanol–water partition coefficient (Wildman–Crippen LogP) is 4.31. The smallest absolute Gasteiger partial charge is 0.265 e. The molecule has 2 aromatic rings. The van der Waals surface area contributed by atoms with Crippen LogP contribution >= 0.6 is 22.9 Å². The molecular formula is C16H15ClN2O2S. The van der Waals surface area contributed by atoms with Crippen LogP contribution in [0.4, 0.5) is 11.4 Å². The Hall–Kier alpha value is -1.85. The standard InChI is InChI=1S/C16H15ClN2O2S/c1-9-2-5-11(18-15(20)10-3-4-10)8-12(9)19-16(21)13-6-7-14(17)22-13/h2,5-8,10H,3-4H2,1H3,(H,18,20)(H,19,21). The Labute approximate surface area is 137 Å². The molecule has 1 aliphatic rings. The molecule has 0 radical (unpaired) electrons. The number of hydrogen-bond acceptors (Lipinski definition) is 3. The van der Waals surface area contributed by atoms with Crippen LogP contribution in [0, 0.1) is 12.8 Å². The Morgan fingerprint density at radius 2 is 1.95 bits per heavy atom. The van der Waals surface area contributed by atoms with E-state index in [0.717, 1.165) is 18.4 Å². The topological polar surface area (TPSA) is 58.2 Å². The van der Waals surface area contributed by atoms with Gasteiger partial charge in [-0.2, -0.15) is 0 Å². The summed E-state index contributed by atoms with van der Waals surface area (Å²) >= 11 is 7.08. The number of hydrogen-bond donors (Lipinski definition) is 2. The molecule has 1 aromatic carbocycles. The number of anilines is 2. The van der Waals surface area contributed by atoms with Crippen molar-refractivity contribution >= 4 is 46.1 Å². The molecule has 114 valence electrons. The van der Waals surface area contributed by atoms with Gasteiger partial charge in [0.1, 0.15) is 0 Å². The van der Waals surface area contributed by atoms with Crippen molar-refractivity contribution in [1.29, 1.82) is 0 Å². The largest absolute Gasteiger partial charge is 0.326 e. The molecule has 22 heavy (non-hydrogen) atoms. The van der Waals surface area contributed by atoms with E-state index < -0.39 is 0 Å². The second-order valence-corrected chi connectivity index (χ2v) is 7.07. The molecule has 0 saturated heterocycles. The zero-order chi connectivity index (χ0) is 15.7. The van der Waals surface area contributed by atoms with Gasteiger partial charge in [0.2, 0.25) is 5.91 Å². The van der Waals surface area contributed by atoms with Crippen LogP contribution in [-0.2, 0) is 4.79 Å². The number of thiophene rings is 1. The van der Waals surface area contributed by atoms with Gasteiger partial charge >= 0.3 is 0 Å². The van der Waals surface area contributed by atoms with Crippen LogP contribution in [0.2, 0.25) is 4.34 Å². The van der Waals surface area contributed by atoms with Gasteiger partial charge in [0, 0.05) is 17.3 Å². The molecule has 1 aliphatic carbocycles. The minimum absolute atomic E-state index is 0.0474. The maximum Gasteiger partial charge on any atom is 0.265 e. The normalized spacial score (nSPS) is 13.7. The second kappa shape index (κ2) is 6.10. The highest BCUT2D eigenvalue weighted by Crippen LogP contribution is 2.31. The van der Waals surface area contributed by atoms with E-state index in [9.17, 15) is 9.59 Å². The summed E-state index contributed by atoms with van der Waals surface area (Å²) in [6.07, 6.45) is 1.92. The van der Waals surface area contributed by atoms with Gasteiger partial charge in [-0.05, 0) is 49.6 Å². The number of rotatable bonds is 4. The first-order chi connectivity index (χ1) is 10.5. The Kier molecular flexibility index (Phi) is 4.18. The van der Waals surface area contributed by atoms with Crippen molar-refractivity contribution in [2.45, 2.75) is 19.8 Å². The Morgan fingerprint density at radius 1 is 1.18 bits per heavy atom. The van der Waals surface area contributed by atoms with Gasteiger partial charge in [0.05, 0.1) is 9.21 Å². The zero-order valence-corrected chi connectivity index (χ0v) is 13.6. The molecule has 3 rings (SSSR count). The molecule has 2 amide bonds. The van der Waals surface area contributed by atoms with Crippen LogP contribution in [0.25, 0.3) is 0 Å². The Balaban J connectivity index is 1.74. The van der Waals surface area contributed by atoms with Gasteiger partial charge < -0.3 is 10.6 Å². The second-order valence-electron chi connectivity index (χ2n) is 5.35. The molecule has 4 nitrogen and oxygen atoms in total. The van der Waals surface area contributed by atoms with E-state index in [4.69, 9.17) is 11.6 Å². The third kappa shape index (κ3) is 3.48. The summed E-state index contributed by atoms with van der Waals surface area (Å²) in [6, 6.07) is 8.88. The van der Waals surface area contributed by atoms with Crippen LogP contribution in [0.15, 0.2) is 30.3 Å². The first-order valence-electron chi connectivity index (χ1n) is 7.01. The van der Waals surface area contributed by atoms with E-state index in [0.29, 0.717) is 20.6 Å². The highest BCUT2D eigenvalue weighted by molar-refractivity contribution is 7.18. The molecule has 0 atom stereocenters. The van der Waals surface area contributed by atoms with E-state index in [-0.39, 0.29) is 17.7 Å². The summed E-state index contributed by atoms with van der Waals surface area (Å²) in [5.74, 6) is -0.00978. The molecule has 0 spiro atoms. The van der Waals surface area contributed by atoms with Crippen molar-refractivity contribution in [3.8, 4) is 0 Å². The van der Waals surface area contributed by atoms with E-state index in [1.165, 1.54) is 11.3 Å². The van der Waals surface area contributed by atoms with Crippen LogP contribution < -0.4 is 10.6 Å². The van der Waals surface area contributed by atoms with E-state index >= 15 is 0 Å².